The van der Waals surface area contributed by atoms with Gasteiger partial charge < -0.3 is 15.5 Å². The summed E-state index contributed by atoms with van der Waals surface area (Å²) in [4.78, 5) is 11.9. The lowest BCUT2D eigenvalue weighted by molar-refractivity contribution is 0.0899. The van der Waals surface area contributed by atoms with E-state index in [0.717, 1.165) is 24.8 Å². The van der Waals surface area contributed by atoms with Gasteiger partial charge in [0.2, 0.25) is 0 Å². The van der Waals surface area contributed by atoms with E-state index in [1.165, 1.54) is 0 Å². The number of nitrogens with two attached hydrogens (primary N) is 1. The molecule has 88 valence electrons. The second-order valence-electron chi connectivity index (χ2n) is 4.44. The van der Waals surface area contributed by atoms with Crippen molar-refractivity contribution in [2.24, 2.45) is 11.7 Å². The smallest absolute Gasteiger partial charge is 0.287 e. The Balaban J connectivity index is 2.00. The van der Waals surface area contributed by atoms with Crippen LogP contribution in [0.3, 0.4) is 0 Å². The molecule has 1 aliphatic rings. The minimum absolute atomic E-state index is 0.118. The van der Waals surface area contributed by atoms with Crippen molar-refractivity contribution in [1.82, 2.24) is 5.32 Å². The second kappa shape index (κ2) is 4.70. The summed E-state index contributed by atoms with van der Waals surface area (Å²) in [6.45, 7) is 2.51. The lowest BCUT2D eigenvalue weighted by Crippen LogP contribution is -2.39. The lowest BCUT2D eigenvalue weighted by Gasteiger charge is -2.18. The third kappa shape index (κ3) is 2.11. The largest absolute Gasteiger partial charge is 0.459 e. The highest BCUT2D eigenvalue weighted by molar-refractivity contribution is 5.93. The molecule has 0 saturated heterocycles. The monoisotopic (exact) mass is 222 g/mol. The summed E-state index contributed by atoms with van der Waals surface area (Å²) in [5, 5.41) is 3.01. The van der Waals surface area contributed by atoms with Crippen LogP contribution in [0, 0.1) is 12.8 Å². The molecule has 2 rings (SSSR count). The van der Waals surface area contributed by atoms with E-state index in [2.05, 4.69) is 5.32 Å². The summed E-state index contributed by atoms with van der Waals surface area (Å²) in [7, 11) is 0. The summed E-state index contributed by atoms with van der Waals surface area (Å²) in [5.41, 5.74) is 6.55. The Morgan fingerprint density at radius 3 is 3.06 bits per heavy atom. The van der Waals surface area contributed by atoms with Crippen LogP contribution in [0.5, 0.6) is 0 Å². The number of carbonyl (C=O) groups excluding carboxylic acids is 1. The first-order chi connectivity index (χ1) is 7.72. The summed E-state index contributed by atoms with van der Waals surface area (Å²) in [5.74, 6) is 0.717. The average Bonchev–Trinajstić information content (AvgIpc) is 2.86. The van der Waals surface area contributed by atoms with E-state index in [0.29, 0.717) is 18.2 Å². The van der Waals surface area contributed by atoms with E-state index in [1.807, 2.05) is 6.92 Å². The van der Waals surface area contributed by atoms with Crippen molar-refractivity contribution >= 4 is 5.91 Å². The van der Waals surface area contributed by atoms with Crippen molar-refractivity contribution in [1.29, 1.82) is 0 Å². The predicted molar refractivity (Wildman–Crippen MR) is 61.1 cm³/mol. The molecule has 0 aromatic carbocycles. The predicted octanol–water partition coefficient (Wildman–Crippen LogP) is 1.45. The molecule has 1 aromatic heterocycles. The van der Waals surface area contributed by atoms with Gasteiger partial charge in [0.05, 0.1) is 6.26 Å². The number of furan rings is 1. The van der Waals surface area contributed by atoms with E-state index in [9.17, 15) is 4.79 Å². The fraction of sp³-hybridized carbons (Fsp3) is 0.583. The first kappa shape index (κ1) is 11.2. The van der Waals surface area contributed by atoms with Crippen LogP contribution in [0.15, 0.2) is 16.7 Å². The Labute approximate surface area is 95.2 Å². The Morgan fingerprint density at radius 2 is 2.44 bits per heavy atom. The average molecular weight is 222 g/mol. The molecule has 0 spiro atoms. The van der Waals surface area contributed by atoms with Gasteiger partial charge in [0.1, 0.15) is 0 Å². The number of rotatable bonds is 3. The van der Waals surface area contributed by atoms with E-state index in [-0.39, 0.29) is 11.9 Å². The number of aryl methyl sites for hydroxylation is 1. The number of carbonyl (C=O) groups is 1. The summed E-state index contributed by atoms with van der Waals surface area (Å²) in [6.07, 6.45) is 4.81. The lowest BCUT2D eigenvalue weighted by atomic mass is 10.0. The molecule has 0 bridgehead atoms. The van der Waals surface area contributed by atoms with Crippen LogP contribution in [-0.4, -0.2) is 18.5 Å². The first-order valence-corrected chi connectivity index (χ1v) is 5.77. The third-order valence-electron chi connectivity index (χ3n) is 3.35. The molecular weight excluding hydrogens is 204 g/mol. The van der Waals surface area contributed by atoms with Gasteiger partial charge in [0, 0.05) is 11.6 Å². The van der Waals surface area contributed by atoms with E-state index in [4.69, 9.17) is 10.2 Å². The Morgan fingerprint density at radius 1 is 1.62 bits per heavy atom. The molecule has 1 aromatic rings. The fourth-order valence-corrected chi connectivity index (χ4v) is 2.35. The van der Waals surface area contributed by atoms with Gasteiger partial charge in [0.15, 0.2) is 5.76 Å². The molecule has 1 heterocycles. The van der Waals surface area contributed by atoms with Crippen molar-refractivity contribution in [2.45, 2.75) is 32.2 Å². The van der Waals surface area contributed by atoms with Crippen molar-refractivity contribution in [3.8, 4) is 0 Å². The molecular formula is C12H18N2O2. The fourth-order valence-electron chi connectivity index (χ4n) is 2.35. The number of hydrogen-bond acceptors (Lipinski definition) is 3. The van der Waals surface area contributed by atoms with Gasteiger partial charge in [-0.2, -0.15) is 0 Å². The van der Waals surface area contributed by atoms with Gasteiger partial charge in [-0.15, -0.1) is 0 Å². The van der Waals surface area contributed by atoms with E-state index < -0.39 is 0 Å². The third-order valence-corrected chi connectivity index (χ3v) is 3.35. The number of nitrogens with one attached hydrogen (secondary N) is 1. The van der Waals surface area contributed by atoms with Crippen LogP contribution in [0.1, 0.15) is 35.4 Å². The van der Waals surface area contributed by atoms with Gasteiger partial charge in [0.25, 0.3) is 5.91 Å². The molecule has 1 amide bonds. The molecule has 4 nitrogen and oxygen atoms in total. The molecule has 4 heteroatoms. The van der Waals surface area contributed by atoms with Crippen LogP contribution >= 0.6 is 0 Å². The first-order valence-electron chi connectivity index (χ1n) is 5.77. The molecule has 1 fully saturated rings. The highest BCUT2D eigenvalue weighted by Crippen LogP contribution is 2.25. The van der Waals surface area contributed by atoms with Gasteiger partial charge in [-0.25, -0.2) is 0 Å². The normalized spacial score (nSPS) is 24.6. The standard InChI is InChI=1S/C12H18N2O2/c1-8-5-6-16-11(8)12(15)14-10-4-2-3-9(10)7-13/h5-6,9-10H,2-4,7,13H2,1H3,(H,14,15). The zero-order chi connectivity index (χ0) is 11.5. The van der Waals surface area contributed by atoms with Crippen molar-refractivity contribution in [3.63, 3.8) is 0 Å². The molecule has 0 aliphatic heterocycles. The molecule has 1 aliphatic carbocycles. The Kier molecular flexibility index (Phi) is 3.29. The SMILES string of the molecule is Cc1ccoc1C(=O)NC1CCCC1CN. The summed E-state index contributed by atoms with van der Waals surface area (Å²) < 4.78 is 5.16. The Bertz CT molecular complexity index is 373. The molecule has 1 saturated carbocycles. The molecule has 2 atom stereocenters. The van der Waals surface area contributed by atoms with Gasteiger partial charge >= 0.3 is 0 Å². The highest BCUT2D eigenvalue weighted by atomic mass is 16.3. The minimum Gasteiger partial charge on any atom is -0.459 e. The zero-order valence-corrected chi connectivity index (χ0v) is 9.53. The molecule has 16 heavy (non-hydrogen) atoms. The van der Waals surface area contributed by atoms with E-state index in [1.54, 1.807) is 12.3 Å². The van der Waals surface area contributed by atoms with E-state index >= 15 is 0 Å². The zero-order valence-electron chi connectivity index (χ0n) is 9.53. The van der Waals surface area contributed by atoms with Crippen LogP contribution < -0.4 is 11.1 Å². The quantitative estimate of drug-likeness (QED) is 0.813. The topological polar surface area (TPSA) is 68.3 Å². The molecule has 3 N–H and O–H groups in total. The van der Waals surface area contributed by atoms with Crippen molar-refractivity contribution in [3.05, 3.63) is 23.7 Å². The Hall–Kier alpha value is -1.29. The molecule has 2 unspecified atom stereocenters. The van der Waals surface area contributed by atoms with Gasteiger partial charge in [-0.3, -0.25) is 4.79 Å². The maximum atomic E-state index is 11.9. The number of amides is 1. The van der Waals surface area contributed by atoms with Crippen molar-refractivity contribution < 1.29 is 9.21 Å². The van der Waals surface area contributed by atoms with Crippen molar-refractivity contribution in [2.75, 3.05) is 6.54 Å². The van der Waals surface area contributed by atoms with Crippen LogP contribution in [0.25, 0.3) is 0 Å². The maximum absolute atomic E-state index is 11.9. The van der Waals surface area contributed by atoms with Crippen LogP contribution in [0.2, 0.25) is 0 Å². The maximum Gasteiger partial charge on any atom is 0.287 e. The second-order valence-corrected chi connectivity index (χ2v) is 4.44. The molecule has 0 radical (unpaired) electrons. The van der Waals surface area contributed by atoms with Crippen LogP contribution in [-0.2, 0) is 0 Å². The number of hydrogen-bond donors (Lipinski definition) is 2. The van der Waals surface area contributed by atoms with Gasteiger partial charge in [-0.05, 0) is 38.3 Å². The highest BCUT2D eigenvalue weighted by Gasteiger charge is 2.28. The minimum atomic E-state index is -0.118. The summed E-state index contributed by atoms with van der Waals surface area (Å²) in [6, 6.07) is 2.01. The summed E-state index contributed by atoms with van der Waals surface area (Å²) >= 11 is 0. The van der Waals surface area contributed by atoms with Crippen LogP contribution in [0.4, 0.5) is 0 Å². The van der Waals surface area contributed by atoms with Gasteiger partial charge in [-0.1, -0.05) is 6.42 Å².